The molecular weight excluding hydrogens is 420 g/mol. The maximum Gasteiger partial charge on any atom is 0.276 e. The fourth-order valence-electron chi connectivity index (χ4n) is 2.60. The molecule has 6 heteroatoms. The molecule has 2 N–H and O–H groups in total. The lowest BCUT2D eigenvalue weighted by Crippen LogP contribution is -2.43. The first-order valence-electron chi connectivity index (χ1n) is 9.20. The van der Waals surface area contributed by atoms with Gasteiger partial charge < -0.3 is 4.74 Å². The summed E-state index contributed by atoms with van der Waals surface area (Å²) in [6.45, 7) is 10.3. The van der Waals surface area contributed by atoms with Crippen molar-refractivity contribution in [3.8, 4) is 5.75 Å². The Balaban J connectivity index is 1.85. The van der Waals surface area contributed by atoms with Gasteiger partial charge in [0.15, 0.2) is 6.61 Å². The summed E-state index contributed by atoms with van der Waals surface area (Å²) in [5.41, 5.74) is 7.49. The van der Waals surface area contributed by atoms with Crippen molar-refractivity contribution >= 4 is 27.7 Å². The summed E-state index contributed by atoms with van der Waals surface area (Å²) in [4.78, 5) is 24.2. The van der Waals surface area contributed by atoms with Crippen LogP contribution in [0.4, 0.5) is 0 Å². The standard InChI is InChI=1S/C22H27BrN2O3/c1-14(2)15-6-9-17(10-7-15)28-13-20(26)24-25-21(27)16-8-11-18(19(23)12-16)22(3,4)5/h6-12,14H,13H2,1-5H3,(H,24,26)(H,25,27). The number of hydrazine groups is 1. The van der Waals surface area contributed by atoms with E-state index in [0.717, 1.165) is 10.0 Å². The highest BCUT2D eigenvalue weighted by Crippen LogP contribution is 2.30. The molecule has 0 aromatic heterocycles. The molecule has 0 bridgehead atoms. The average molecular weight is 447 g/mol. The van der Waals surface area contributed by atoms with Crippen molar-refractivity contribution in [2.45, 2.75) is 46.0 Å². The van der Waals surface area contributed by atoms with Gasteiger partial charge in [0.1, 0.15) is 5.75 Å². The van der Waals surface area contributed by atoms with Gasteiger partial charge in [0.05, 0.1) is 0 Å². The zero-order chi connectivity index (χ0) is 20.9. The van der Waals surface area contributed by atoms with E-state index in [9.17, 15) is 9.59 Å². The van der Waals surface area contributed by atoms with Crippen LogP contribution in [0, 0.1) is 0 Å². The summed E-state index contributed by atoms with van der Waals surface area (Å²) in [5, 5.41) is 0. The van der Waals surface area contributed by atoms with Crippen molar-refractivity contribution in [2.75, 3.05) is 6.61 Å². The molecule has 0 aliphatic heterocycles. The van der Waals surface area contributed by atoms with Crippen LogP contribution >= 0.6 is 15.9 Å². The van der Waals surface area contributed by atoms with Gasteiger partial charge in [-0.1, -0.05) is 68.7 Å². The summed E-state index contributed by atoms with van der Waals surface area (Å²) < 4.78 is 6.30. The normalized spacial score (nSPS) is 11.2. The molecule has 2 rings (SSSR count). The second-order valence-corrected chi connectivity index (χ2v) is 8.81. The molecule has 2 amide bonds. The minimum atomic E-state index is -0.438. The zero-order valence-electron chi connectivity index (χ0n) is 16.9. The predicted molar refractivity (Wildman–Crippen MR) is 114 cm³/mol. The lowest BCUT2D eigenvalue weighted by molar-refractivity contribution is -0.123. The Morgan fingerprint density at radius 3 is 2.21 bits per heavy atom. The molecule has 0 unspecified atom stereocenters. The van der Waals surface area contributed by atoms with E-state index in [2.05, 4.69) is 61.4 Å². The predicted octanol–water partition coefficient (Wildman–Crippen LogP) is 4.71. The highest BCUT2D eigenvalue weighted by atomic mass is 79.9. The SMILES string of the molecule is CC(C)c1ccc(OCC(=O)NNC(=O)c2ccc(C(C)(C)C)c(Br)c2)cc1. The molecule has 0 fully saturated rings. The number of amides is 2. The molecule has 0 aliphatic carbocycles. The Labute approximate surface area is 175 Å². The number of carbonyl (C=O) groups excluding carboxylic acids is 2. The summed E-state index contributed by atoms with van der Waals surface area (Å²) >= 11 is 3.51. The monoisotopic (exact) mass is 446 g/mol. The third-order valence-corrected chi connectivity index (χ3v) is 4.93. The van der Waals surface area contributed by atoms with E-state index in [0.29, 0.717) is 17.2 Å². The van der Waals surface area contributed by atoms with E-state index in [-0.39, 0.29) is 12.0 Å². The van der Waals surface area contributed by atoms with E-state index < -0.39 is 11.8 Å². The van der Waals surface area contributed by atoms with Crippen LogP contribution in [-0.2, 0) is 10.2 Å². The molecule has 0 spiro atoms. The maximum absolute atomic E-state index is 12.3. The summed E-state index contributed by atoms with van der Waals surface area (Å²) in [6.07, 6.45) is 0. The van der Waals surface area contributed by atoms with Crippen molar-refractivity contribution in [1.82, 2.24) is 10.9 Å². The highest BCUT2D eigenvalue weighted by molar-refractivity contribution is 9.10. The average Bonchev–Trinajstić information content (AvgIpc) is 2.63. The molecule has 0 saturated carbocycles. The molecule has 0 saturated heterocycles. The molecule has 5 nitrogen and oxygen atoms in total. The van der Waals surface area contributed by atoms with Crippen LogP contribution in [-0.4, -0.2) is 18.4 Å². The lowest BCUT2D eigenvalue weighted by Gasteiger charge is -2.21. The second kappa shape index (κ2) is 9.24. The van der Waals surface area contributed by atoms with Gasteiger partial charge in [-0.3, -0.25) is 20.4 Å². The topological polar surface area (TPSA) is 67.4 Å². The van der Waals surface area contributed by atoms with Crippen LogP contribution in [0.5, 0.6) is 5.75 Å². The Bertz CT molecular complexity index is 840. The van der Waals surface area contributed by atoms with Gasteiger partial charge in [0.25, 0.3) is 11.8 Å². The number of rotatable bonds is 5. The molecule has 2 aromatic rings. The summed E-state index contributed by atoms with van der Waals surface area (Å²) in [7, 11) is 0. The van der Waals surface area contributed by atoms with Crippen LogP contribution in [0.1, 0.15) is 62.0 Å². The Morgan fingerprint density at radius 1 is 1.04 bits per heavy atom. The van der Waals surface area contributed by atoms with Crippen molar-refractivity contribution < 1.29 is 14.3 Å². The Hall–Kier alpha value is -2.34. The Kier molecular flexibility index (Phi) is 7.24. The van der Waals surface area contributed by atoms with Crippen molar-refractivity contribution in [1.29, 1.82) is 0 Å². The van der Waals surface area contributed by atoms with Crippen LogP contribution in [0.3, 0.4) is 0 Å². The van der Waals surface area contributed by atoms with Gasteiger partial charge in [-0.15, -0.1) is 0 Å². The fourth-order valence-corrected chi connectivity index (χ4v) is 3.57. The number of ether oxygens (including phenoxy) is 1. The van der Waals surface area contributed by atoms with E-state index in [1.54, 1.807) is 12.1 Å². The molecule has 150 valence electrons. The van der Waals surface area contributed by atoms with E-state index in [4.69, 9.17) is 4.74 Å². The number of nitrogens with one attached hydrogen (secondary N) is 2. The molecule has 28 heavy (non-hydrogen) atoms. The molecule has 2 aromatic carbocycles. The molecule has 0 aliphatic rings. The van der Waals surface area contributed by atoms with E-state index >= 15 is 0 Å². The van der Waals surface area contributed by atoms with Crippen LogP contribution in [0.25, 0.3) is 0 Å². The van der Waals surface area contributed by atoms with Gasteiger partial charge in [-0.05, 0) is 46.7 Å². The third-order valence-electron chi connectivity index (χ3n) is 4.27. The number of carbonyl (C=O) groups is 2. The van der Waals surface area contributed by atoms with Crippen molar-refractivity contribution in [2.24, 2.45) is 0 Å². The number of halogens is 1. The smallest absolute Gasteiger partial charge is 0.276 e. The lowest BCUT2D eigenvalue weighted by atomic mass is 9.86. The van der Waals surface area contributed by atoms with E-state index in [1.165, 1.54) is 5.56 Å². The van der Waals surface area contributed by atoms with Crippen LogP contribution < -0.4 is 15.6 Å². The summed E-state index contributed by atoms with van der Waals surface area (Å²) in [6, 6.07) is 13.0. The first kappa shape index (κ1) is 22.0. The van der Waals surface area contributed by atoms with Gasteiger partial charge in [-0.2, -0.15) is 0 Å². The summed E-state index contributed by atoms with van der Waals surface area (Å²) in [5.74, 6) is 0.208. The number of hydrogen-bond donors (Lipinski definition) is 2. The van der Waals surface area contributed by atoms with Crippen molar-refractivity contribution in [3.63, 3.8) is 0 Å². The van der Waals surface area contributed by atoms with E-state index in [1.807, 2.05) is 30.3 Å². The molecule has 0 heterocycles. The van der Waals surface area contributed by atoms with Crippen LogP contribution in [0.15, 0.2) is 46.9 Å². The molecule has 0 radical (unpaired) electrons. The number of hydrogen-bond acceptors (Lipinski definition) is 3. The van der Waals surface area contributed by atoms with Gasteiger partial charge in [-0.25, -0.2) is 0 Å². The minimum Gasteiger partial charge on any atom is -0.484 e. The first-order valence-corrected chi connectivity index (χ1v) is 9.99. The van der Waals surface area contributed by atoms with Gasteiger partial charge in [0, 0.05) is 10.0 Å². The first-order chi connectivity index (χ1) is 13.1. The maximum atomic E-state index is 12.3. The number of benzene rings is 2. The second-order valence-electron chi connectivity index (χ2n) is 7.96. The molecular formula is C22H27BrN2O3. The van der Waals surface area contributed by atoms with Gasteiger partial charge >= 0.3 is 0 Å². The minimum absolute atomic E-state index is 0.0350. The quantitative estimate of drug-likeness (QED) is 0.653. The Morgan fingerprint density at radius 2 is 1.68 bits per heavy atom. The largest absolute Gasteiger partial charge is 0.484 e. The van der Waals surface area contributed by atoms with Crippen molar-refractivity contribution in [3.05, 3.63) is 63.6 Å². The van der Waals surface area contributed by atoms with Gasteiger partial charge in [0.2, 0.25) is 0 Å². The van der Waals surface area contributed by atoms with Crippen LogP contribution in [0.2, 0.25) is 0 Å². The highest BCUT2D eigenvalue weighted by Gasteiger charge is 2.18. The molecule has 0 atom stereocenters. The fraction of sp³-hybridized carbons (Fsp3) is 0.364. The zero-order valence-corrected chi connectivity index (χ0v) is 18.5. The third kappa shape index (κ3) is 6.09.